The number of nitrogens with zero attached hydrogens (tertiary/aromatic N) is 3. The van der Waals surface area contributed by atoms with Gasteiger partial charge in [-0.1, -0.05) is 0 Å². The summed E-state index contributed by atoms with van der Waals surface area (Å²) in [4.78, 5) is 23.8. The van der Waals surface area contributed by atoms with Crippen LogP contribution in [0.3, 0.4) is 0 Å². The summed E-state index contributed by atoms with van der Waals surface area (Å²) < 4.78 is 51.2. The predicted molar refractivity (Wildman–Crippen MR) is 111 cm³/mol. The van der Waals surface area contributed by atoms with Crippen molar-refractivity contribution in [3.63, 3.8) is 0 Å². The largest absolute Gasteiger partial charge is 0.486 e. The van der Waals surface area contributed by atoms with Gasteiger partial charge in [0.15, 0.2) is 10.9 Å². The van der Waals surface area contributed by atoms with Crippen LogP contribution in [0, 0.1) is 0 Å². The van der Waals surface area contributed by atoms with Crippen LogP contribution in [-0.2, 0) is 12.6 Å². The first-order chi connectivity index (χ1) is 15.0. The molecule has 168 valence electrons. The van der Waals surface area contributed by atoms with Gasteiger partial charge in [0, 0.05) is 24.4 Å². The Kier molecular flexibility index (Phi) is 5.41. The van der Waals surface area contributed by atoms with E-state index in [1.807, 2.05) is 19.9 Å². The molecule has 1 aliphatic rings. The van der Waals surface area contributed by atoms with Crippen LogP contribution in [0.5, 0.6) is 11.5 Å². The lowest BCUT2D eigenvalue weighted by atomic mass is 10.0. The SMILES string of the molecule is CNC(=O)Oc1cnc(Nc2nc(-c3cc4c(cn3)OC(C)(C)C4)cs2)c(C(F)(F)F)c1. The molecule has 1 aliphatic heterocycles. The highest BCUT2D eigenvalue weighted by atomic mass is 32.1. The first kappa shape index (κ1) is 21.8. The molecular weight excluding hydrogens is 447 g/mol. The zero-order valence-electron chi connectivity index (χ0n) is 17.2. The molecule has 0 atom stereocenters. The minimum atomic E-state index is -4.73. The number of alkyl halides is 3. The molecule has 0 bridgehead atoms. The number of nitrogens with one attached hydrogen (secondary N) is 2. The lowest BCUT2D eigenvalue weighted by molar-refractivity contribution is -0.137. The molecule has 0 saturated carbocycles. The average molecular weight is 465 g/mol. The zero-order chi connectivity index (χ0) is 23.1. The van der Waals surface area contributed by atoms with Crippen molar-refractivity contribution in [2.75, 3.05) is 12.4 Å². The van der Waals surface area contributed by atoms with Crippen molar-refractivity contribution < 1.29 is 27.4 Å². The van der Waals surface area contributed by atoms with E-state index >= 15 is 0 Å². The van der Waals surface area contributed by atoms with Gasteiger partial charge in [-0.05, 0) is 26.0 Å². The number of ether oxygens (including phenoxy) is 2. The van der Waals surface area contributed by atoms with E-state index in [4.69, 9.17) is 9.47 Å². The standard InChI is InChI=1S/C20H18F3N5O3S/c1-19(2)6-10-4-13(25-8-15(10)31-19)14-9-32-17(27-14)28-16-12(20(21,22)23)5-11(7-26-16)30-18(29)24-3/h4-5,7-9H,6H2,1-3H3,(H,24,29)(H,26,27,28). The van der Waals surface area contributed by atoms with Gasteiger partial charge in [-0.3, -0.25) is 4.98 Å². The number of amides is 1. The van der Waals surface area contributed by atoms with Gasteiger partial charge >= 0.3 is 12.3 Å². The summed E-state index contributed by atoms with van der Waals surface area (Å²) in [7, 11) is 1.29. The fraction of sp³-hybridized carbons (Fsp3) is 0.300. The number of hydrogen-bond acceptors (Lipinski definition) is 8. The summed E-state index contributed by atoms with van der Waals surface area (Å²) in [6.07, 6.45) is -2.27. The third-order valence-corrected chi connectivity index (χ3v) is 5.28. The molecule has 2 N–H and O–H groups in total. The van der Waals surface area contributed by atoms with Crippen LogP contribution in [0.1, 0.15) is 25.0 Å². The number of carbonyl (C=O) groups is 1. The highest BCUT2D eigenvalue weighted by Crippen LogP contribution is 2.39. The number of fused-ring (bicyclic) bond motifs is 1. The fourth-order valence-corrected chi connectivity index (χ4v) is 3.88. The summed E-state index contributed by atoms with van der Waals surface area (Å²) in [5.74, 6) is -0.0836. The van der Waals surface area contributed by atoms with Gasteiger partial charge in [0.2, 0.25) is 0 Å². The van der Waals surface area contributed by atoms with E-state index < -0.39 is 23.7 Å². The maximum Gasteiger partial charge on any atom is 0.420 e. The van der Waals surface area contributed by atoms with Crippen molar-refractivity contribution >= 4 is 28.4 Å². The smallest absolute Gasteiger partial charge is 0.420 e. The fourth-order valence-electron chi connectivity index (χ4n) is 3.17. The van der Waals surface area contributed by atoms with Gasteiger partial charge in [0.1, 0.15) is 28.4 Å². The van der Waals surface area contributed by atoms with Crippen LogP contribution in [-0.4, -0.2) is 33.7 Å². The summed E-state index contributed by atoms with van der Waals surface area (Å²) in [5, 5.41) is 6.65. The molecule has 4 rings (SSSR count). The summed E-state index contributed by atoms with van der Waals surface area (Å²) >= 11 is 1.11. The van der Waals surface area contributed by atoms with E-state index in [2.05, 4.69) is 25.6 Å². The minimum Gasteiger partial charge on any atom is -0.486 e. The highest BCUT2D eigenvalue weighted by Gasteiger charge is 2.36. The van der Waals surface area contributed by atoms with Crippen molar-refractivity contribution in [3.05, 3.63) is 41.0 Å². The first-order valence-electron chi connectivity index (χ1n) is 9.42. The van der Waals surface area contributed by atoms with E-state index in [-0.39, 0.29) is 16.5 Å². The normalized spacial score (nSPS) is 14.4. The minimum absolute atomic E-state index is 0.205. The van der Waals surface area contributed by atoms with Gasteiger partial charge in [-0.2, -0.15) is 13.2 Å². The maximum absolute atomic E-state index is 13.5. The molecular formula is C20H18F3N5O3S. The monoisotopic (exact) mass is 465 g/mol. The zero-order valence-corrected chi connectivity index (χ0v) is 18.0. The van der Waals surface area contributed by atoms with E-state index in [0.717, 1.165) is 29.5 Å². The van der Waals surface area contributed by atoms with Crippen LogP contribution in [0.2, 0.25) is 0 Å². The van der Waals surface area contributed by atoms with Gasteiger partial charge < -0.3 is 20.1 Å². The lowest BCUT2D eigenvalue weighted by Crippen LogP contribution is -2.24. The van der Waals surface area contributed by atoms with Crippen LogP contribution in [0.4, 0.5) is 28.9 Å². The second kappa shape index (κ2) is 7.93. The van der Waals surface area contributed by atoms with Crippen molar-refractivity contribution in [1.82, 2.24) is 20.3 Å². The Balaban J connectivity index is 1.58. The molecule has 4 heterocycles. The number of halogens is 3. The van der Waals surface area contributed by atoms with E-state index in [9.17, 15) is 18.0 Å². The summed E-state index contributed by atoms with van der Waals surface area (Å²) in [5.41, 5.74) is 0.692. The molecule has 3 aromatic heterocycles. The second-order valence-electron chi connectivity index (χ2n) is 7.58. The Morgan fingerprint density at radius 3 is 2.72 bits per heavy atom. The number of aromatic nitrogens is 3. The molecule has 0 aliphatic carbocycles. The Labute approximate surface area is 184 Å². The number of hydrogen-bond donors (Lipinski definition) is 2. The second-order valence-corrected chi connectivity index (χ2v) is 8.44. The van der Waals surface area contributed by atoms with E-state index in [1.54, 1.807) is 11.6 Å². The van der Waals surface area contributed by atoms with Gasteiger partial charge in [0.05, 0.1) is 18.1 Å². The third kappa shape index (κ3) is 4.59. The number of anilines is 2. The Hall–Kier alpha value is -3.41. The molecule has 0 fully saturated rings. The molecule has 0 aromatic carbocycles. The Morgan fingerprint density at radius 2 is 2.00 bits per heavy atom. The molecule has 8 nitrogen and oxygen atoms in total. The van der Waals surface area contributed by atoms with Crippen molar-refractivity contribution in [2.45, 2.75) is 32.0 Å². The van der Waals surface area contributed by atoms with Crippen LogP contribution in [0.15, 0.2) is 29.9 Å². The molecule has 3 aromatic rings. The van der Waals surface area contributed by atoms with Gasteiger partial charge in [-0.25, -0.2) is 14.8 Å². The molecule has 32 heavy (non-hydrogen) atoms. The quantitative estimate of drug-likeness (QED) is 0.571. The van der Waals surface area contributed by atoms with Crippen LogP contribution >= 0.6 is 11.3 Å². The maximum atomic E-state index is 13.5. The molecule has 0 unspecified atom stereocenters. The van der Waals surface area contributed by atoms with E-state index in [0.29, 0.717) is 23.2 Å². The van der Waals surface area contributed by atoms with E-state index in [1.165, 1.54) is 7.05 Å². The highest BCUT2D eigenvalue weighted by molar-refractivity contribution is 7.14. The Bertz CT molecular complexity index is 1180. The third-order valence-electron chi connectivity index (χ3n) is 4.53. The number of pyridine rings is 2. The molecule has 0 saturated heterocycles. The Morgan fingerprint density at radius 1 is 1.22 bits per heavy atom. The topological polar surface area (TPSA) is 98.3 Å². The number of thiazole rings is 1. The molecule has 12 heteroatoms. The number of rotatable bonds is 4. The summed E-state index contributed by atoms with van der Waals surface area (Å²) in [6, 6.07) is 2.57. The van der Waals surface area contributed by atoms with Gasteiger partial charge in [-0.15, -0.1) is 11.3 Å². The predicted octanol–water partition coefficient (Wildman–Crippen LogP) is 4.79. The van der Waals surface area contributed by atoms with Crippen molar-refractivity contribution in [1.29, 1.82) is 0 Å². The number of carbonyl (C=O) groups excluding carboxylic acids is 1. The average Bonchev–Trinajstić information content (AvgIpc) is 3.29. The van der Waals surface area contributed by atoms with Crippen molar-refractivity contribution in [2.24, 2.45) is 0 Å². The molecule has 1 amide bonds. The van der Waals surface area contributed by atoms with Gasteiger partial charge in [0.25, 0.3) is 0 Å². The lowest BCUT2D eigenvalue weighted by Gasteiger charge is -2.16. The van der Waals surface area contributed by atoms with Crippen LogP contribution < -0.4 is 20.1 Å². The molecule has 0 radical (unpaired) electrons. The van der Waals surface area contributed by atoms with Crippen molar-refractivity contribution in [3.8, 4) is 22.9 Å². The molecule has 0 spiro atoms. The van der Waals surface area contributed by atoms with Crippen LogP contribution in [0.25, 0.3) is 11.4 Å². The summed E-state index contributed by atoms with van der Waals surface area (Å²) in [6.45, 7) is 3.96. The first-order valence-corrected chi connectivity index (χ1v) is 10.3.